The first-order chi connectivity index (χ1) is 11.4. The summed E-state index contributed by atoms with van der Waals surface area (Å²) in [5, 5.41) is 10.1. The van der Waals surface area contributed by atoms with Gasteiger partial charge in [-0.15, -0.1) is 11.3 Å². The number of nitrogens with zero attached hydrogens (tertiary/aromatic N) is 2. The maximum atomic E-state index is 12.1. The van der Waals surface area contributed by atoms with E-state index in [1.807, 2.05) is 11.0 Å². The first-order valence-corrected chi connectivity index (χ1v) is 9.72. The average Bonchev–Trinajstić information content (AvgIpc) is 3.01. The number of carboxylic acid groups (broad SMARTS) is 1. The Kier molecular flexibility index (Phi) is 3.61. The van der Waals surface area contributed by atoms with Gasteiger partial charge < -0.3 is 14.9 Å². The van der Waals surface area contributed by atoms with Crippen molar-refractivity contribution in [3.8, 4) is 0 Å². The van der Waals surface area contributed by atoms with Crippen molar-refractivity contribution in [1.82, 2.24) is 9.80 Å². The molecule has 1 unspecified atom stereocenters. The minimum Gasteiger partial charge on any atom is -0.477 e. The fraction of sp³-hybridized carbons (Fsp3) is 0.375. The molecule has 0 aliphatic carbocycles. The molecule has 1 N–H and O–H groups in total. The van der Waals surface area contributed by atoms with Gasteiger partial charge in [0.15, 0.2) is 0 Å². The maximum Gasteiger partial charge on any atom is 0.352 e. The number of hydrogen-bond donors (Lipinski definition) is 1. The van der Waals surface area contributed by atoms with Crippen LogP contribution in [0.4, 0.5) is 0 Å². The lowest BCUT2D eigenvalue weighted by molar-refractivity contribution is -0.134. The summed E-state index contributed by atoms with van der Waals surface area (Å²) >= 11 is 1.70. The first kappa shape index (κ1) is 15.6. The van der Waals surface area contributed by atoms with Gasteiger partial charge in [-0.3, -0.25) is 9.00 Å². The fourth-order valence-electron chi connectivity index (χ4n) is 3.34. The van der Waals surface area contributed by atoms with Crippen molar-refractivity contribution in [2.75, 3.05) is 13.1 Å². The second kappa shape index (κ2) is 5.56. The van der Waals surface area contributed by atoms with E-state index in [4.69, 9.17) is 5.11 Å². The number of carbonyl (C=O) groups is 2. The smallest absolute Gasteiger partial charge is 0.352 e. The Labute approximate surface area is 145 Å². The molecule has 3 aliphatic rings. The molecule has 1 saturated heterocycles. The molecule has 0 spiro atoms. The van der Waals surface area contributed by atoms with E-state index in [9.17, 15) is 13.8 Å². The molecule has 2 atom stereocenters. The summed E-state index contributed by atoms with van der Waals surface area (Å²) in [6, 6.07) is 2.09. The number of carboxylic acids is 1. The Bertz CT molecular complexity index is 839. The van der Waals surface area contributed by atoms with Crippen LogP contribution < -0.4 is 0 Å². The minimum atomic E-state index is -1.30. The monoisotopic (exact) mass is 364 g/mol. The number of rotatable bonds is 2. The van der Waals surface area contributed by atoms with Crippen LogP contribution in [0.3, 0.4) is 0 Å². The standard InChI is InChI=1S/C16H16N2O4S2/c1-9(19)17-3-2-14-10(6-17)4-12(23-14)5-11-7-18-13(16(20)21)8-24(22)15(11)18/h4-5,8,15H,2-3,6-7H2,1H3,(H,20,21)/b11-5-/t15-,24?/m1/s1. The van der Waals surface area contributed by atoms with Crippen LogP contribution >= 0.6 is 11.3 Å². The molecule has 0 aromatic carbocycles. The van der Waals surface area contributed by atoms with Crippen LogP contribution in [0.2, 0.25) is 0 Å². The molecular weight excluding hydrogens is 348 g/mol. The Hall–Kier alpha value is -1.93. The highest BCUT2D eigenvalue weighted by atomic mass is 32.2. The zero-order valence-corrected chi connectivity index (χ0v) is 14.7. The summed E-state index contributed by atoms with van der Waals surface area (Å²) in [6.45, 7) is 3.50. The van der Waals surface area contributed by atoms with Crippen molar-refractivity contribution >= 4 is 40.1 Å². The van der Waals surface area contributed by atoms with Gasteiger partial charge in [0.25, 0.3) is 0 Å². The van der Waals surface area contributed by atoms with Gasteiger partial charge in [-0.2, -0.15) is 0 Å². The van der Waals surface area contributed by atoms with Gasteiger partial charge in [0.1, 0.15) is 11.1 Å². The topological polar surface area (TPSA) is 77.9 Å². The molecule has 4 rings (SSSR count). The molecule has 1 aromatic heterocycles. The summed E-state index contributed by atoms with van der Waals surface area (Å²) in [5.74, 6) is -0.934. The summed E-state index contributed by atoms with van der Waals surface area (Å²) < 4.78 is 12.1. The van der Waals surface area contributed by atoms with E-state index in [0.29, 0.717) is 13.1 Å². The third-order valence-electron chi connectivity index (χ3n) is 4.59. The third-order valence-corrected chi connectivity index (χ3v) is 7.23. The molecule has 1 aromatic rings. The highest BCUT2D eigenvalue weighted by molar-refractivity contribution is 7.89. The fourth-order valence-corrected chi connectivity index (χ4v) is 5.95. The van der Waals surface area contributed by atoms with E-state index in [0.717, 1.165) is 23.4 Å². The van der Waals surface area contributed by atoms with Gasteiger partial charge >= 0.3 is 5.97 Å². The molecule has 3 aliphatic heterocycles. The molecule has 8 heteroatoms. The summed E-state index contributed by atoms with van der Waals surface area (Å²) in [7, 11) is -1.30. The van der Waals surface area contributed by atoms with E-state index < -0.39 is 16.8 Å². The number of hydrogen-bond acceptors (Lipinski definition) is 5. The predicted octanol–water partition coefficient (Wildman–Crippen LogP) is 1.37. The van der Waals surface area contributed by atoms with Crippen LogP contribution in [-0.2, 0) is 33.4 Å². The Morgan fingerprint density at radius 3 is 2.92 bits per heavy atom. The van der Waals surface area contributed by atoms with Crippen LogP contribution in [0, 0.1) is 0 Å². The van der Waals surface area contributed by atoms with Crippen molar-refractivity contribution in [1.29, 1.82) is 0 Å². The second-order valence-corrected chi connectivity index (χ2v) is 8.63. The van der Waals surface area contributed by atoms with Gasteiger partial charge in [0.05, 0.1) is 10.8 Å². The van der Waals surface area contributed by atoms with Crippen LogP contribution in [0.15, 0.2) is 22.7 Å². The van der Waals surface area contributed by atoms with E-state index in [1.54, 1.807) is 23.2 Å². The Morgan fingerprint density at radius 2 is 2.21 bits per heavy atom. The number of aliphatic carboxylic acids is 1. The normalized spacial score (nSPS) is 26.7. The van der Waals surface area contributed by atoms with Crippen LogP contribution in [0.25, 0.3) is 6.08 Å². The molecule has 1 amide bonds. The summed E-state index contributed by atoms with van der Waals surface area (Å²) in [5.41, 5.74) is 2.32. The molecule has 24 heavy (non-hydrogen) atoms. The van der Waals surface area contributed by atoms with Crippen LogP contribution in [0.5, 0.6) is 0 Å². The summed E-state index contributed by atoms with van der Waals surface area (Å²) in [4.78, 5) is 28.5. The molecule has 1 fully saturated rings. The molecule has 0 bridgehead atoms. The zero-order chi connectivity index (χ0) is 17.0. The van der Waals surface area contributed by atoms with Crippen molar-refractivity contribution in [3.63, 3.8) is 0 Å². The Morgan fingerprint density at radius 1 is 1.42 bits per heavy atom. The average molecular weight is 364 g/mol. The maximum absolute atomic E-state index is 12.1. The number of fused-ring (bicyclic) bond motifs is 2. The lowest BCUT2D eigenvalue weighted by Crippen LogP contribution is -2.48. The zero-order valence-electron chi connectivity index (χ0n) is 13.0. The quantitative estimate of drug-likeness (QED) is 0.857. The van der Waals surface area contributed by atoms with Gasteiger partial charge in [-0.1, -0.05) is 0 Å². The van der Waals surface area contributed by atoms with Gasteiger partial charge in [0.2, 0.25) is 5.91 Å². The molecule has 126 valence electrons. The number of amides is 1. The van der Waals surface area contributed by atoms with Crippen LogP contribution in [0.1, 0.15) is 22.2 Å². The van der Waals surface area contributed by atoms with Crippen molar-refractivity contribution in [2.24, 2.45) is 0 Å². The SMILES string of the molecule is CC(=O)N1CCc2sc(/C=C3/CN4C(C(=O)O)=CS(=O)[C@H]34)cc2C1. The molecular formula is C16H16N2O4S2. The third kappa shape index (κ3) is 2.41. The lowest BCUT2D eigenvalue weighted by Gasteiger charge is -2.39. The van der Waals surface area contributed by atoms with Crippen molar-refractivity contribution < 1.29 is 18.9 Å². The Balaban J connectivity index is 1.54. The molecule has 0 radical (unpaired) electrons. The number of thiophene rings is 1. The first-order valence-electron chi connectivity index (χ1n) is 7.62. The summed E-state index contributed by atoms with van der Waals surface area (Å²) in [6.07, 6.45) is 2.90. The highest BCUT2D eigenvalue weighted by Crippen LogP contribution is 2.39. The minimum absolute atomic E-state index is 0.0926. The van der Waals surface area contributed by atoms with Gasteiger partial charge in [-0.25, -0.2) is 4.79 Å². The van der Waals surface area contributed by atoms with E-state index in [2.05, 4.69) is 6.07 Å². The van der Waals surface area contributed by atoms with E-state index in [1.165, 1.54) is 15.8 Å². The predicted molar refractivity (Wildman–Crippen MR) is 91.4 cm³/mol. The van der Waals surface area contributed by atoms with Gasteiger partial charge in [0, 0.05) is 41.7 Å². The van der Waals surface area contributed by atoms with E-state index in [-0.39, 0.29) is 17.0 Å². The van der Waals surface area contributed by atoms with Gasteiger partial charge in [-0.05, 0) is 29.7 Å². The highest BCUT2D eigenvalue weighted by Gasteiger charge is 2.45. The lowest BCUT2D eigenvalue weighted by atomic mass is 10.0. The van der Waals surface area contributed by atoms with E-state index >= 15 is 0 Å². The van der Waals surface area contributed by atoms with Crippen molar-refractivity contribution in [2.45, 2.75) is 25.3 Å². The van der Waals surface area contributed by atoms with Crippen molar-refractivity contribution in [3.05, 3.63) is 38.1 Å². The second-order valence-electron chi connectivity index (χ2n) is 6.12. The molecule has 0 saturated carbocycles. The number of carbonyl (C=O) groups excluding carboxylic acids is 1. The largest absolute Gasteiger partial charge is 0.477 e. The molecule has 4 heterocycles. The van der Waals surface area contributed by atoms with Crippen LogP contribution in [-0.4, -0.2) is 49.5 Å². The molecule has 6 nitrogen and oxygen atoms in total.